The van der Waals surface area contributed by atoms with E-state index < -0.39 is 0 Å². The molecule has 1 rings (SSSR count). The molecule has 1 fully saturated rings. The molecule has 1 aliphatic rings. The standard InChI is InChI=1S/C8H17NO2/c1-7(2)5-11-8(3,4-9)6-10-7/h4-6,9H2,1-3H3. The largest absolute Gasteiger partial charge is 0.370 e. The Labute approximate surface area is 67.9 Å². The van der Waals surface area contributed by atoms with Gasteiger partial charge in [0.05, 0.1) is 18.8 Å². The first-order chi connectivity index (χ1) is 4.97. The van der Waals surface area contributed by atoms with Crippen LogP contribution in [0.2, 0.25) is 0 Å². The van der Waals surface area contributed by atoms with Crippen LogP contribution in [0, 0.1) is 0 Å². The van der Waals surface area contributed by atoms with Crippen molar-refractivity contribution < 1.29 is 9.47 Å². The molecule has 0 spiro atoms. The monoisotopic (exact) mass is 159 g/mol. The minimum atomic E-state index is -0.268. The van der Waals surface area contributed by atoms with Gasteiger partial charge in [0, 0.05) is 6.54 Å². The van der Waals surface area contributed by atoms with E-state index in [1.54, 1.807) is 0 Å². The van der Waals surface area contributed by atoms with Crippen LogP contribution in [-0.4, -0.2) is 31.0 Å². The lowest BCUT2D eigenvalue weighted by molar-refractivity contribution is -0.212. The Morgan fingerprint density at radius 1 is 1.18 bits per heavy atom. The molecule has 0 saturated carbocycles. The molecule has 0 aromatic rings. The number of hydrogen-bond donors (Lipinski definition) is 1. The minimum absolute atomic E-state index is 0.144. The number of ether oxygens (including phenoxy) is 2. The van der Waals surface area contributed by atoms with Gasteiger partial charge in [-0.1, -0.05) is 0 Å². The fourth-order valence-electron chi connectivity index (χ4n) is 0.897. The summed E-state index contributed by atoms with van der Waals surface area (Å²) in [6.07, 6.45) is 0. The quantitative estimate of drug-likeness (QED) is 0.607. The predicted molar refractivity (Wildman–Crippen MR) is 43.4 cm³/mol. The number of hydrogen-bond acceptors (Lipinski definition) is 3. The van der Waals surface area contributed by atoms with Gasteiger partial charge in [-0.25, -0.2) is 0 Å². The third kappa shape index (κ3) is 2.15. The molecule has 0 aromatic heterocycles. The van der Waals surface area contributed by atoms with E-state index in [0.29, 0.717) is 19.8 Å². The van der Waals surface area contributed by atoms with Crippen molar-refractivity contribution in [2.45, 2.75) is 32.0 Å². The molecule has 11 heavy (non-hydrogen) atoms. The van der Waals surface area contributed by atoms with Crippen LogP contribution >= 0.6 is 0 Å². The van der Waals surface area contributed by atoms with E-state index in [9.17, 15) is 0 Å². The van der Waals surface area contributed by atoms with Crippen LogP contribution in [0.4, 0.5) is 0 Å². The summed E-state index contributed by atoms with van der Waals surface area (Å²) in [6.45, 7) is 7.74. The number of nitrogens with two attached hydrogens (primary N) is 1. The molecule has 1 atom stereocenters. The maximum absolute atomic E-state index is 5.58. The van der Waals surface area contributed by atoms with Crippen molar-refractivity contribution in [1.82, 2.24) is 0 Å². The van der Waals surface area contributed by atoms with E-state index in [1.165, 1.54) is 0 Å². The van der Waals surface area contributed by atoms with E-state index >= 15 is 0 Å². The summed E-state index contributed by atoms with van der Waals surface area (Å²) in [4.78, 5) is 0. The maximum Gasteiger partial charge on any atom is 0.101 e. The lowest BCUT2D eigenvalue weighted by Gasteiger charge is -2.40. The SMILES string of the molecule is CC1(C)COC(C)(CN)CO1. The van der Waals surface area contributed by atoms with Gasteiger partial charge in [0.25, 0.3) is 0 Å². The third-order valence-electron chi connectivity index (χ3n) is 1.97. The summed E-state index contributed by atoms with van der Waals surface area (Å²) in [5, 5.41) is 0. The summed E-state index contributed by atoms with van der Waals surface area (Å²) >= 11 is 0. The average Bonchev–Trinajstić information content (AvgIpc) is 1.97. The van der Waals surface area contributed by atoms with Gasteiger partial charge in [-0.15, -0.1) is 0 Å². The second-order valence-corrected chi connectivity index (χ2v) is 3.99. The Kier molecular flexibility index (Phi) is 2.23. The molecule has 1 unspecified atom stereocenters. The summed E-state index contributed by atoms with van der Waals surface area (Å²) in [5.74, 6) is 0. The van der Waals surface area contributed by atoms with Gasteiger partial charge in [0.2, 0.25) is 0 Å². The number of rotatable bonds is 1. The van der Waals surface area contributed by atoms with E-state index in [4.69, 9.17) is 15.2 Å². The lowest BCUT2D eigenvalue weighted by Crippen LogP contribution is -2.52. The van der Waals surface area contributed by atoms with Crippen LogP contribution in [0.15, 0.2) is 0 Å². The van der Waals surface area contributed by atoms with Gasteiger partial charge in [0.1, 0.15) is 5.60 Å². The van der Waals surface area contributed by atoms with Gasteiger partial charge >= 0.3 is 0 Å². The molecule has 1 saturated heterocycles. The van der Waals surface area contributed by atoms with Gasteiger partial charge in [-0.2, -0.15) is 0 Å². The molecule has 3 nitrogen and oxygen atoms in total. The first-order valence-corrected chi connectivity index (χ1v) is 3.95. The molecule has 1 aliphatic heterocycles. The van der Waals surface area contributed by atoms with Crippen LogP contribution in [0.25, 0.3) is 0 Å². The van der Waals surface area contributed by atoms with E-state index in [2.05, 4.69) is 0 Å². The zero-order valence-corrected chi connectivity index (χ0v) is 7.52. The molecule has 3 heteroatoms. The molecule has 66 valence electrons. The van der Waals surface area contributed by atoms with Gasteiger partial charge in [-0.3, -0.25) is 0 Å². The Morgan fingerprint density at radius 2 is 1.82 bits per heavy atom. The van der Waals surface area contributed by atoms with E-state index in [1.807, 2.05) is 20.8 Å². The molecule has 0 bridgehead atoms. The van der Waals surface area contributed by atoms with Crippen LogP contribution in [-0.2, 0) is 9.47 Å². The first kappa shape index (κ1) is 8.97. The molecule has 1 heterocycles. The zero-order valence-electron chi connectivity index (χ0n) is 7.52. The van der Waals surface area contributed by atoms with Crippen molar-refractivity contribution >= 4 is 0 Å². The highest BCUT2D eigenvalue weighted by atomic mass is 16.6. The Hall–Kier alpha value is -0.120. The van der Waals surface area contributed by atoms with Crippen molar-refractivity contribution in [3.8, 4) is 0 Å². The fraction of sp³-hybridized carbons (Fsp3) is 1.00. The summed E-state index contributed by atoms with van der Waals surface area (Å²) < 4.78 is 11.1. The smallest absolute Gasteiger partial charge is 0.101 e. The van der Waals surface area contributed by atoms with E-state index in [0.717, 1.165) is 0 Å². The lowest BCUT2D eigenvalue weighted by atomic mass is 10.0. The molecule has 0 amide bonds. The first-order valence-electron chi connectivity index (χ1n) is 3.95. The summed E-state index contributed by atoms with van der Waals surface area (Å²) in [6, 6.07) is 0. The topological polar surface area (TPSA) is 44.5 Å². The third-order valence-corrected chi connectivity index (χ3v) is 1.97. The van der Waals surface area contributed by atoms with Crippen LogP contribution in [0.3, 0.4) is 0 Å². The minimum Gasteiger partial charge on any atom is -0.370 e. The Bertz CT molecular complexity index is 135. The summed E-state index contributed by atoms with van der Waals surface area (Å²) in [7, 11) is 0. The van der Waals surface area contributed by atoms with Crippen molar-refractivity contribution in [3.05, 3.63) is 0 Å². The second kappa shape index (κ2) is 2.73. The average molecular weight is 159 g/mol. The highest BCUT2D eigenvalue weighted by molar-refractivity contribution is 4.84. The zero-order chi connectivity index (χ0) is 8.54. The predicted octanol–water partition coefficient (Wildman–Crippen LogP) is 0.529. The van der Waals surface area contributed by atoms with Crippen molar-refractivity contribution in [2.75, 3.05) is 19.8 Å². The fourth-order valence-corrected chi connectivity index (χ4v) is 0.897. The van der Waals surface area contributed by atoms with Crippen molar-refractivity contribution in [1.29, 1.82) is 0 Å². The molecule has 0 radical (unpaired) electrons. The van der Waals surface area contributed by atoms with Gasteiger partial charge in [0.15, 0.2) is 0 Å². The summed E-state index contributed by atoms with van der Waals surface area (Å²) in [5.41, 5.74) is 5.11. The maximum atomic E-state index is 5.58. The van der Waals surface area contributed by atoms with Crippen LogP contribution in [0.5, 0.6) is 0 Å². The molecular weight excluding hydrogens is 142 g/mol. The molecule has 0 aromatic carbocycles. The van der Waals surface area contributed by atoms with Crippen LogP contribution < -0.4 is 5.73 Å². The molecular formula is C8H17NO2. The van der Waals surface area contributed by atoms with E-state index in [-0.39, 0.29) is 11.2 Å². The van der Waals surface area contributed by atoms with Crippen molar-refractivity contribution in [2.24, 2.45) is 5.73 Å². The molecule has 0 aliphatic carbocycles. The normalized spacial score (nSPS) is 37.1. The van der Waals surface area contributed by atoms with Crippen LogP contribution in [0.1, 0.15) is 20.8 Å². The highest BCUT2D eigenvalue weighted by Gasteiger charge is 2.35. The van der Waals surface area contributed by atoms with Crippen molar-refractivity contribution in [3.63, 3.8) is 0 Å². The highest BCUT2D eigenvalue weighted by Crippen LogP contribution is 2.23. The van der Waals surface area contributed by atoms with Gasteiger partial charge < -0.3 is 15.2 Å². The van der Waals surface area contributed by atoms with Gasteiger partial charge in [-0.05, 0) is 20.8 Å². The molecule has 2 N–H and O–H groups in total. The Morgan fingerprint density at radius 3 is 2.18 bits per heavy atom. The second-order valence-electron chi connectivity index (χ2n) is 3.99. The Balaban J connectivity index is 2.48.